The Hall–Kier alpha value is -0.790. The van der Waals surface area contributed by atoms with Gasteiger partial charge < -0.3 is 14.5 Å². The van der Waals surface area contributed by atoms with Crippen molar-refractivity contribution < 1.29 is 4.74 Å². The largest absolute Gasteiger partial charge is 0.378 e. The normalized spacial score (nSPS) is 16.9. The summed E-state index contributed by atoms with van der Waals surface area (Å²) in [6, 6.07) is 0.385. The van der Waals surface area contributed by atoms with E-state index in [1.165, 1.54) is 0 Å². The van der Waals surface area contributed by atoms with Crippen molar-refractivity contribution >= 4 is 35.3 Å². The van der Waals surface area contributed by atoms with E-state index < -0.39 is 0 Å². The Bertz CT molecular complexity index is 458. The van der Waals surface area contributed by atoms with E-state index in [1.54, 1.807) is 0 Å². The maximum atomic E-state index is 6.09. The molecule has 1 aromatic heterocycles. The molecule has 0 amide bonds. The number of thioether (sulfide) groups is 1. The van der Waals surface area contributed by atoms with Crippen LogP contribution in [0.15, 0.2) is 0 Å². The van der Waals surface area contributed by atoms with Crippen molar-refractivity contribution in [3.05, 3.63) is 5.28 Å². The van der Waals surface area contributed by atoms with Crippen LogP contribution in [0, 0.1) is 0 Å². The lowest BCUT2D eigenvalue weighted by Gasteiger charge is -2.29. The zero-order valence-corrected chi connectivity index (χ0v) is 14.3. The summed E-state index contributed by atoms with van der Waals surface area (Å²) < 4.78 is 5.36. The topological polar surface area (TPSA) is 54.4 Å². The van der Waals surface area contributed by atoms with E-state index in [0.29, 0.717) is 31.2 Å². The molecule has 0 aliphatic carbocycles. The Labute approximate surface area is 135 Å². The number of anilines is 2. The molecule has 1 aliphatic rings. The van der Waals surface area contributed by atoms with E-state index in [1.807, 2.05) is 18.8 Å². The average Bonchev–Trinajstić information content (AvgIpc) is 2.52. The highest BCUT2D eigenvalue weighted by atomic mass is 35.5. The number of rotatable bonds is 6. The fourth-order valence-corrected chi connectivity index (χ4v) is 3.25. The molecule has 1 aromatic rings. The van der Waals surface area contributed by atoms with Crippen LogP contribution >= 0.6 is 23.4 Å². The van der Waals surface area contributed by atoms with Gasteiger partial charge in [-0.25, -0.2) is 0 Å². The molecule has 1 atom stereocenters. The number of hydrogen-bond acceptors (Lipinski definition) is 7. The molecule has 1 fully saturated rings. The van der Waals surface area contributed by atoms with Gasteiger partial charge in [0.1, 0.15) is 0 Å². The van der Waals surface area contributed by atoms with Gasteiger partial charge in [-0.3, -0.25) is 0 Å². The van der Waals surface area contributed by atoms with E-state index in [-0.39, 0.29) is 5.28 Å². The maximum Gasteiger partial charge on any atom is 0.231 e. The molecule has 0 saturated carbocycles. The SMILES string of the molecule is CCC(CSC)N(C)c1nc(Cl)nc(N2CCOCC2)n1. The first-order valence-corrected chi connectivity index (χ1v) is 8.89. The van der Waals surface area contributed by atoms with Crippen LogP contribution in [0.25, 0.3) is 0 Å². The molecule has 0 spiro atoms. The van der Waals surface area contributed by atoms with Gasteiger partial charge in [0.2, 0.25) is 17.2 Å². The van der Waals surface area contributed by atoms with E-state index >= 15 is 0 Å². The van der Waals surface area contributed by atoms with E-state index in [9.17, 15) is 0 Å². The van der Waals surface area contributed by atoms with Crippen LogP contribution < -0.4 is 9.80 Å². The molecule has 6 nitrogen and oxygen atoms in total. The summed E-state index contributed by atoms with van der Waals surface area (Å²) in [4.78, 5) is 17.3. The number of ether oxygens (including phenoxy) is 1. The number of morpholine rings is 1. The second-order valence-electron chi connectivity index (χ2n) is 4.93. The van der Waals surface area contributed by atoms with Crippen LogP contribution in [0.1, 0.15) is 13.3 Å². The van der Waals surface area contributed by atoms with Crippen LogP contribution in [0.2, 0.25) is 5.28 Å². The van der Waals surface area contributed by atoms with Crippen molar-refractivity contribution in [2.45, 2.75) is 19.4 Å². The third-order valence-electron chi connectivity index (χ3n) is 3.57. The molecule has 0 bridgehead atoms. The molecular weight excluding hydrogens is 310 g/mol. The first-order valence-electron chi connectivity index (χ1n) is 7.11. The molecule has 1 unspecified atom stereocenters. The molecule has 2 rings (SSSR count). The van der Waals surface area contributed by atoms with E-state index in [0.717, 1.165) is 25.3 Å². The van der Waals surface area contributed by atoms with Gasteiger partial charge in [0.25, 0.3) is 0 Å². The smallest absolute Gasteiger partial charge is 0.231 e. The Morgan fingerprint density at radius 2 is 2.05 bits per heavy atom. The summed E-state index contributed by atoms with van der Waals surface area (Å²) in [5.74, 6) is 2.31. The van der Waals surface area contributed by atoms with Gasteiger partial charge in [-0.2, -0.15) is 26.7 Å². The molecule has 0 N–H and O–H groups in total. The summed E-state index contributed by atoms with van der Waals surface area (Å²) >= 11 is 7.91. The Balaban J connectivity index is 2.20. The van der Waals surface area contributed by atoms with Gasteiger partial charge in [-0.05, 0) is 24.3 Å². The van der Waals surface area contributed by atoms with Crippen LogP contribution in [0.3, 0.4) is 0 Å². The van der Waals surface area contributed by atoms with Crippen LogP contribution in [0.5, 0.6) is 0 Å². The Kier molecular flexibility index (Phi) is 6.32. The first kappa shape index (κ1) is 16.6. The molecule has 0 aromatic carbocycles. The second-order valence-corrected chi connectivity index (χ2v) is 6.18. The molecule has 8 heteroatoms. The first-order chi connectivity index (χ1) is 10.2. The molecule has 21 heavy (non-hydrogen) atoms. The van der Waals surface area contributed by atoms with Crippen molar-refractivity contribution in [1.82, 2.24) is 15.0 Å². The van der Waals surface area contributed by atoms with Gasteiger partial charge >= 0.3 is 0 Å². The highest BCUT2D eigenvalue weighted by Crippen LogP contribution is 2.20. The predicted octanol–water partition coefficient (Wildman–Crippen LogP) is 1.94. The monoisotopic (exact) mass is 331 g/mol. The summed E-state index contributed by atoms with van der Waals surface area (Å²) in [7, 11) is 2.01. The number of nitrogens with zero attached hydrogens (tertiary/aromatic N) is 5. The highest BCUT2D eigenvalue weighted by Gasteiger charge is 2.20. The van der Waals surface area contributed by atoms with Crippen molar-refractivity contribution in [1.29, 1.82) is 0 Å². The predicted molar refractivity (Wildman–Crippen MR) is 88.7 cm³/mol. The fourth-order valence-electron chi connectivity index (χ4n) is 2.25. The Morgan fingerprint density at radius 1 is 1.33 bits per heavy atom. The standard InChI is InChI=1S/C13H22ClN5OS/c1-4-10(9-21-3)18(2)12-15-11(14)16-13(17-12)19-5-7-20-8-6-19/h10H,4-9H2,1-3H3. The van der Waals surface area contributed by atoms with Crippen molar-refractivity contribution in [3.63, 3.8) is 0 Å². The van der Waals surface area contributed by atoms with Gasteiger partial charge in [0, 0.05) is 31.9 Å². The van der Waals surface area contributed by atoms with Crippen molar-refractivity contribution in [2.24, 2.45) is 0 Å². The Morgan fingerprint density at radius 3 is 2.67 bits per heavy atom. The lowest BCUT2D eigenvalue weighted by molar-refractivity contribution is 0.122. The lowest BCUT2D eigenvalue weighted by atomic mass is 10.2. The molecule has 2 heterocycles. The molecule has 1 saturated heterocycles. The van der Waals surface area contributed by atoms with Crippen LogP contribution in [0.4, 0.5) is 11.9 Å². The summed E-state index contributed by atoms with van der Waals surface area (Å²) in [6.07, 6.45) is 3.14. The average molecular weight is 332 g/mol. The number of hydrogen-bond donors (Lipinski definition) is 0. The minimum Gasteiger partial charge on any atom is -0.378 e. The molecular formula is C13H22ClN5OS. The number of aromatic nitrogens is 3. The van der Waals surface area contributed by atoms with Gasteiger partial charge in [0.15, 0.2) is 0 Å². The maximum absolute atomic E-state index is 6.09. The van der Waals surface area contributed by atoms with Crippen molar-refractivity contribution in [3.8, 4) is 0 Å². The van der Waals surface area contributed by atoms with E-state index in [4.69, 9.17) is 16.3 Å². The van der Waals surface area contributed by atoms with Gasteiger partial charge in [-0.15, -0.1) is 0 Å². The minimum atomic E-state index is 0.243. The third-order valence-corrected chi connectivity index (χ3v) is 4.46. The van der Waals surface area contributed by atoms with Gasteiger partial charge in [0.05, 0.1) is 13.2 Å². The van der Waals surface area contributed by atoms with E-state index in [2.05, 4.69) is 37.9 Å². The summed E-state index contributed by atoms with van der Waals surface area (Å²) in [5.41, 5.74) is 0. The minimum absolute atomic E-state index is 0.243. The van der Waals surface area contributed by atoms with Crippen LogP contribution in [-0.4, -0.2) is 66.4 Å². The summed E-state index contributed by atoms with van der Waals surface area (Å²) in [5, 5.41) is 0.243. The highest BCUT2D eigenvalue weighted by molar-refractivity contribution is 7.98. The van der Waals surface area contributed by atoms with Gasteiger partial charge in [-0.1, -0.05) is 6.92 Å². The zero-order valence-electron chi connectivity index (χ0n) is 12.8. The zero-order chi connectivity index (χ0) is 15.2. The van der Waals surface area contributed by atoms with Crippen molar-refractivity contribution in [2.75, 3.05) is 55.2 Å². The summed E-state index contributed by atoms with van der Waals surface area (Å²) in [6.45, 7) is 5.12. The third kappa shape index (κ3) is 4.34. The molecule has 1 aliphatic heterocycles. The fraction of sp³-hybridized carbons (Fsp3) is 0.769. The van der Waals surface area contributed by atoms with Crippen LogP contribution in [-0.2, 0) is 4.74 Å². The number of halogens is 1. The lowest BCUT2D eigenvalue weighted by Crippen LogP contribution is -2.39. The molecule has 0 radical (unpaired) electrons. The quantitative estimate of drug-likeness (QED) is 0.789. The molecule has 118 valence electrons. The second kappa shape index (κ2) is 8.00.